The topological polar surface area (TPSA) is 68.2 Å². The summed E-state index contributed by atoms with van der Waals surface area (Å²) in [5.41, 5.74) is 10.7. The lowest BCUT2D eigenvalue weighted by Gasteiger charge is -2.26. The van der Waals surface area contributed by atoms with Crippen molar-refractivity contribution >= 4 is 0 Å². The number of hydrogen-bond acceptors (Lipinski definition) is 5. The molecule has 5 nitrogen and oxygen atoms in total. The zero-order valence-corrected chi connectivity index (χ0v) is 15.8. The van der Waals surface area contributed by atoms with Gasteiger partial charge in [-0.15, -0.1) is 0 Å². The molecule has 1 aliphatic rings. The predicted octanol–water partition coefficient (Wildman–Crippen LogP) is 4.08. The maximum atomic E-state index is 6.31. The molecule has 1 saturated heterocycles. The van der Waals surface area contributed by atoms with E-state index in [9.17, 15) is 0 Å². The molecule has 0 aliphatic carbocycles. The van der Waals surface area contributed by atoms with Crippen molar-refractivity contribution in [2.45, 2.75) is 38.8 Å². The largest absolute Gasteiger partial charge is 0.337 e. The van der Waals surface area contributed by atoms with Crippen LogP contribution in [0.1, 0.15) is 47.9 Å². The van der Waals surface area contributed by atoms with E-state index in [2.05, 4.69) is 40.2 Å². The van der Waals surface area contributed by atoms with Crippen LogP contribution in [0.3, 0.4) is 0 Å². The Balaban J connectivity index is 1.50. The Bertz CT molecular complexity index is 881. The van der Waals surface area contributed by atoms with Gasteiger partial charge in [0.15, 0.2) is 0 Å². The highest BCUT2D eigenvalue weighted by atomic mass is 16.5. The van der Waals surface area contributed by atoms with E-state index in [4.69, 9.17) is 10.3 Å². The number of benzene rings is 2. The smallest absolute Gasteiger partial charge is 0.248 e. The fourth-order valence-corrected chi connectivity index (χ4v) is 3.58. The first-order valence-electron chi connectivity index (χ1n) is 9.66. The van der Waals surface area contributed by atoms with Gasteiger partial charge in [0.1, 0.15) is 6.04 Å². The van der Waals surface area contributed by atoms with Gasteiger partial charge < -0.3 is 10.3 Å². The monoisotopic (exact) mass is 362 g/mol. The summed E-state index contributed by atoms with van der Waals surface area (Å²) in [5.74, 6) is 1.03. The van der Waals surface area contributed by atoms with Gasteiger partial charge in [0.25, 0.3) is 0 Å². The Labute approximate surface area is 160 Å². The van der Waals surface area contributed by atoms with E-state index in [1.54, 1.807) is 0 Å². The normalized spacial score (nSPS) is 16.4. The molecule has 1 aromatic heterocycles. The second-order valence-corrected chi connectivity index (χ2v) is 7.38. The van der Waals surface area contributed by atoms with Crippen molar-refractivity contribution in [2.75, 3.05) is 13.1 Å². The molecule has 0 radical (unpaired) electrons. The molecule has 1 atom stereocenters. The van der Waals surface area contributed by atoms with Crippen molar-refractivity contribution in [3.8, 4) is 11.4 Å². The number of hydrogen-bond donors (Lipinski definition) is 1. The van der Waals surface area contributed by atoms with E-state index in [0.717, 1.165) is 17.7 Å². The highest BCUT2D eigenvalue weighted by Crippen LogP contribution is 2.23. The van der Waals surface area contributed by atoms with Crippen LogP contribution in [-0.4, -0.2) is 28.1 Å². The standard InChI is InChI=1S/C22H26N4O/c1-16-8-10-18(11-9-16)20(23)22-24-21(25-27-22)19-7-5-6-17(14-19)15-26-12-3-2-4-13-26/h5-11,14,20H,2-4,12-13,15,23H2,1H3. The van der Waals surface area contributed by atoms with Crippen LogP contribution < -0.4 is 5.73 Å². The molecule has 2 aromatic carbocycles. The van der Waals surface area contributed by atoms with Crippen molar-refractivity contribution < 1.29 is 4.52 Å². The molecule has 5 heteroatoms. The number of nitrogens with zero attached hydrogens (tertiary/aromatic N) is 3. The fourth-order valence-electron chi connectivity index (χ4n) is 3.58. The Hall–Kier alpha value is -2.50. The number of likely N-dealkylation sites (tertiary alicyclic amines) is 1. The molecule has 1 unspecified atom stereocenters. The van der Waals surface area contributed by atoms with Gasteiger partial charge in [0, 0.05) is 12.1 Å². The van der Waals surface area contributed by atoms with E-state index in [0.29, 0.717) is 11.7 Å². The van der Waals surface area contributed by atoms with Crippen LogP contribution in [0.4, 0.5) is 0 Å². The third-order valence-corrected chi connectivity index (χ3v) is 5.18. The molecule has 2 heterocycles. The van der Waals surface area contributed by atoms with E-state index in [1.165, 1.54) is 43.5 Å². The molecule has 0 bridgehead atoms. The molecule has 0 amide bonds. The van der Waals surface area contributed by atoms with Crippen LogP contribution in [-0.2, 0) is 6.54 Å². The summed E-state index contributed by atoms with van der Waals surface area (Å²) in [6, 6.07) is 16.1. The number of rotatable bonds is 5. The lowest BCUT2D eigenvalue weighted by molar-refractivity contribution is 0.221. The Kier molecular flexibility index (Phi) is 5.32. The molecule has 2 N–H and O–H groups in total. The maximum absolute atomic E-state index is 6.31. The highest BCUT2D eigenvalue weighted by molar-refractivity contribution is 5.55. The summed E-state index contributed by atoms with van der Waals surface area (Å²) >= 11 is 0. The van der Waals surface area contributed by atoms with Crippen molar-refractivity contribution in [1.82, 2.24) is 15.0 Å². The Morgan fingerprint density at radius 2 is 1.85 bits per heavy atom. The van der Waals surface area contributed by atoms with Gasteiger partial charge in [0.05, 0.1) is 0 Å². The van der Waals surface area contributed by atoms with Crippen LogP contribution in [0.25, 0.3) is 11.4 Å². The lowest BCUT2D eigenvalue weighted by Crippen LogP contribution is -2.29. The molecule has 0 spiro atoms. The van der Waals surface area contributed by atoms with Gasteiger partial charge >= 0.3 is 0 Å². The van der Waals surface area contributed by atoms with E-state index in [-0.39, 0.29) is 0 Å². The number of piperidine rings is 1. The van der Waals surface area contributed by atoms with Crippen molar-refractivity contribution in [3.05, 3.63) is 71.1 Å². The van der Waals surface area contributed by atoms with Crippen molar-refractivity contribution in [1.29, 1.82) is 0 Å². The molecular formula is C22H26N4O. The van der Waals surface area contributed by atoms with E-state index < -0.39 is 6.04 Å². The molecular weight excluding hydrogens is 336 g/mol. The molecule has 3 aromatic rings. The van der Waals surface area contributed by atoms with Crippen LogP contribution in [0.15, 0.2) is 53.1 Å². The quantitative estimate of drug-likeness (QED) is 0.741. The first kappa shape index (κ1) is 17.9. The lowest BCUT2D eigenvalue weighted by atomic mass is 10.1. The second kappa shape index (κ2) is 8.03. The first-order chi connectivity index (χ1) is 13.2. The second-order valence-electron chi connectivity index (χ2n) is 7.38. The summed E-state index contributed by atoms with van der Waals surface area (Å²) in [6.45, 7) is 5.39. The Morgan fingerprint density at radius 3 is 2.63 bits per heavy atom. The maximum Gasteiger partial charge on any atom is 0.248 e. The summed E-state index contributed by atoms with van der Waals surface area (Å²) in [5, 5.41) is 4.16. The third-order valence-electron chi connectivity index (χ3n) is 5.18. The van der Waals surface area contributed by atoms with Gasteiger partial charge in [-0.25, -0.2) is 0 Å². The van der Waals surface area contributed by atoms with E-state index in [1.807, 2.05) is 30.3 Å². The summed E-state index contributed by atoms with van der Waals surface area (Å²) in [6.07, 6.45) is 3.94. The summed E-state index contributed by atoms with van der Waals surface area (Å²) in [7, 11) is 0. The highest BCUT2D eigenvalue weighted by Gasteiger charge is 2.18. The minimum absolute atomic E-state index is 0.414. The SMILES string of the molecule is Cc1ccc(C(N)c2nc(-c3cccc(CN4CCCCC4)c3)no2)cc1. The van der Waals surface area contributed by atoms with Crippen LogP contribution in [0.5, 0.6) is 0 Å². The average Bonchev–Trinajstić information content (AvgIpc) is 3.19. The molecule has 27 heavy (non-hydrogen) atoms. The Morgan fingerprint density at radius 1 is 1.07 bits per heavy atom. The van der Waals surface area contributed by atoms with Gasteiger partial charge in [0.2, 0.25) is 11.7 Å². The van der Waals surface area contributed by atoms with Gasteiger partial charge in [-0.05, 0) is 50.0 Å². The number of aryl methyl sites for hydroxylation is 1. The van der Waals surface area contributed by atoms with Crippen LogP contribution in [0.2, 0.25) is 0 Å². The molecule has 1 aliphatic heterocycles. The predicted molar refractivity (Wildman–Crippen MR) is 106 cm³/mol. The van der Waals surface area contributed by atoms with Crippen molar-refractivity contribution in [2.24, 2.45) is 5.73 Å². The van der Waals surface area contributed by atoms with Crippen LogP contribution >= 0.6 is 0 Å². The number of nitrogens with two attached hydrogens (primary N) is 1. The minimum Gasteiger partial charge on any atom is -0.337 e. The molecule has 140 valence electrons. The zero-order chi connectivity index (χ0) is 18.6. The average molecular weight is 362 g/mol. The zero-order valence-electron chi connectivity index (χ0n) is 15.8. The fraction of sp³-hybridized carbons (Fsp3) is 0.364. The van der Waals surface area contributed by atoms with Crippen LogP contribution in [0, 0.1) is 6.92 Å². The number of aromatic nitrogens is 2. The molecule has 0 saturated carbocycles. The van der Waals surface area contributed by atoms with Gasteiger partial charge in [-0.2, -0.15) is 4.98 Å². The summed E-state index contributed by atoms with van der Waals surface area (Å²) in [4.78, 5) is 7.06. The van der Waals surface area contributed by atoms with Gasteiger partial charge in [-0.3, -0.25) is 4.90 Å². The first-order valence-corrected chi connectivity index (χ1v) is 9.66. The van der Waals surface area contributed by atoms with Crippen molar-refractivity contribution in [3.63, 3.8) is 0 Å². The molecule has 1 fully saturated rings. The van der Waals surface area contributed by atoms with Gasteiger partial charge in [-0.1, -0.05) is 59.6 Å². The summed E-state index contributed by atoms with van der Waals surface area (Å²) < 4.78 is 5.46. The third kappa shape index (κ3) is 4.26. The van der Waals surface area contributed by atoms with E-state index >= 15 is 0 Å². The molecule has 4 rings (SSSR count). The minimum atomic E-state index is -0.414.